The molecule has 3 aromatic rings. The Labute approximate surface area is 145 Å². The minimum absolute atomic E-state index is 0.0836. The number of rotatable bonds is 5. The lowest BCUT2D eigenvalue weighted by Crippen LogP contribution is -2.23. The second-order valence-corrected chi connectivity index (χ2v) is 6.56. The zero-order chi connectivity index (χ0) is 16.9. The maximum atomic E-state index is 12.4. The molecule has 3 rings (SSSR count). The van der Waals surface area contributed by atoms with E-state index >= 15 is 0 Å². The van der Waals surface area contributed by atoms with Crippen molar-refractivity contribution in [2.24, 2.45) is 0 Å². The molecule has 5 heteroatoms. The Morgan fingerprint density at radius 3 is 2.79 bits per heavy atom. The second-order valence-electron chi connectivity index (χ2n) is 5.62. The van der Waals surface area contributed by atoms with Crippen LogP contribution in [0.3, 0.4) is 0 Å². The Bertz CT molecular complexity index is 828. The number of benzene rings is 1. The molecule has 0 aliphatic rings. The van der Waals surface area contributed by atoms with Gasteiger partial charge in [0.2, 0.25) is 0 Å². The number of anilines is 1. The molecule has 0 atom stereocenters. The fourth-order valence-corrected chi connectivity index (χ4v) is 3.18. The van der Waals surface area contributed by atoms with Crippen LogP contribution < -0.4 is 10.2 Å². The lowest BCUT2D eigenvalue weighted by Gasteiger charge is -2.14. The van der Waals surface area contributed by atoms with Gasteiger partial charge in [0.1, 0.15) is 0 Å². The highest BCUT2D eigenvalue weighted by Gasteiger charge is 2.10. The number of nitrogens with zero attached hydrogens (tertiary/aromatic N) is 2. The summed E-state index contributed by atoms with van der Waals surface area (Å²) in [7, 11) is 3.92. The third-order valence-electron chi connectivity index (χ3n) is 3.71. The van der Waals surface area contributed by atoms with Crippen molar-refractivity contribution in [1.82, 2.24) is 10.3 Å². The van der Waals surface area contributed by atoms with E-state index in [0.29, 0.717) is 12.1 Å². The molecule has 0 fully saturated rings. The second kappa shape index (κ2) is 7.27. The van der Waals surface area contributed by atoms with Gasteiger partial charge in [0.25, 0.3) is 5.91 Å². The van der Waals surface area contributed by atoms with Gasteiger partial charge in [-0.05, 0) is 41.3 Å². The molecule has 2 aromatic heterocycles. The minimum Gasteiger partial charge on any atom is -0.378 e. The van der Waals surface area contributed by atoms with E-state index in [2.05, 4.69) is 10.3 Å². The number of carbonyl (C=O) groups is 1. The molecule has 1 amide bonds. The normalized spacial score (nSPS) is 10.4. The van der Waals surface area contributed by atoms with Gasteiger partial charge in [-0.3, -0.25) is 9.78 Å². The minimum atomic E-state index is -0.0836. The summed E-state index contributed by atoms with van der Waals surface area (Å²) in [4.78, 5) is 20.0. The quantitative estimate of drug-likeness (QED) is 0.770. The van der Waals surface area contributed by atoms with E-state index in [4.69, 9.17) is 0 Å². The number of hydrogen-bond acceptors (Lipinski definition) is 4. The summed E-state index contributed by atoms with van der Waals surface area (Å²) in [6.45, 7) is 0.450. The molecular weight excluding hydrogens is 318 g/mol. The molecule has 0 aliphatic carbocycles. The summed E-state index contributed by atoms with van der Waals surface area (Å²) in [6, 6.07) is 15.5. The van der Waals surface area contributed by atoms with Gasteiger partial charge in [0.05, 0.1) is 10.6 Å². The van der Waals surface area contributed by atoms with Crippen molar-refractivity contribution in [3.63, 3.8) is 0 Å². The van der Waals surface area contributed by atoms with Crippen molar-refractivity contribution in [3.8, 4) is 10.6 Å². The fraction of sp³-hybridized carbons (Fsp3) is 0.158. The highest BCUT2D eigenvalue weighted by atomic mass is 32.1. The summed E-state index contributed by atoms with van der Waals surface area (Å²) < 4.78 is 0. The average molecular weight is 337 g/mol. The van der Waals surface area contributed by atoms with Crippen LogP contribution in [0.25, 0.3) is 10.6 Å². The number of hydrogen-bond donors (Lipinski definition) is 1. The maximum absolute atomic E-state index is 12.4. The van der Waals surface area contributed by atoms with Crippen LogP contribution in [0.15, 0.2) is 60.1 Å². The Kier molecular flexibility index (Phi) is 4.91. The van der Waals surface area contributed by atoms with E-state index in [9.17, 15) is 4.79 Å². The number of pyridine rings is 1. The lowest BCUT2D eigenvalue weighted by molar-refractivity contribution is 0.0951. The molecule has 0 radical (unpaired) electrons. The van der Waals surface area contributed by atoms with Crippen molar-refractivity contribution in [3.05, 3.63) is 71.2 Å². The van der Waals surface area contributed by atoms with Gasteiger partial charge >= 0.3 is 0 Å². The van der Waals surface area contributed by atoms with Crippen LogP contribution in [0.4, 0.5) is 5.69 Å². The van der Waals surface area contributed by atoms with Gasteiger partial charge < -0.3 is 10.2 Å². The molecule has 0 aliphatic heterocycles. The van der Waals surface area contributed by atoms with Gasteiger partial charge in [-0.25, -0.2) is 0 Å². The molecule has 0 saturated heterocycles. The van der Waals surface area contributed by atoms with E-state index in [1.165, 1.54) is 0 Å². The first-order valence-electron chi connectivity index (χ1n) is 7.68. The fourth-order valence-electron chi connectivity index (χ4n) is 2.42. The molecule has 24 heavy (non-hydrogen) atoms. The van der Waals surface area contributed by atoms with Crippen molar-refractivity contribution < 1.29 is 4.79 Å². The molecule has 1 aromatic carbocycles. The van der Waals surface area contributed by atoms with Gasteiger partial charge in [-0.1, -0.05) is 18.2 Å². The highest BCUT2D eigenvalue weighted by molar-refractivity contribution is 7.13. The molecule has 0 bridgehead atoms. The molecule has 1 N–H and O–H groups in total. The summed E-state index contributed by atoms with van der Waals surface area (Å²) in [6.07, 6.45) is 1.78. The molecule has 0 unspecified atom stereocenters. The Morgan fingerprint density at radius 2 is 2.04 bits per heavy atom. The van der Waals surface area contributed by atoms with Crippen LogP contribution in [0, 0.1) is 0 Å². The molecular formula is C19H19N3OS. The molecule has 122 valence electrons. The largest absolute Gasteiger partial charge is 0.378 e. The standard InChI is InChI=1S/C19H19N3OS/c1-22(2)16-8-3-6-14(12-16)19(23)21-13-15-7-4-10-20-18(15)17-9-5-11-24-17/h3-12H,13H2,1-2H3,(H,21,23). The first kappa shape index (κ1) is 16.2. The number of amides is 1. The van der Waals surface area contributed by atoms with Crippen molar-refractivity contribution in [1.29, 1.82) is 0 Å². The SMILES string of the molecule is CN(C)c1cccc(C(=O)NCc2cccnc2-c2cccs2)c1. The van der Waals surface area contributed by atoms with Crippen molar-refractivity contribution >= 4 is 22.9 Å². The van der Waals surface area contributed by atoms with Crippen LogP contribution in [-0.2, 0) is 6.54 Å². The Balaban J connectivity index is 1.75. The third-order valence-corrected chi connectivity index (χ3v) is 4.59. The van der Waals surface area contributed by atoms with Gasteiger partial charge in [0.15, 0.2) is 0 Å². The van der Waals surface area contributed by atoms with Crippen LogP contribution in [0.2, 0.25) is 0 Å². The molecule has 2 heterocycles. The number of nitrogens with one attached hydrogen (secondary N) is 1. The van der Waals surface area contributed by atoms with E-state index in [1.807, 2.05) is 72.9 Å². The molecule has 0 saturated carbocycles. The average Bonchev–Trinajstić information content (AvgIpc) is 3.14. The smallest absolute Gasteiger partial charge is 0.251 e. The van der Waals surface area contributed by atoms with Crippen LogP contribution in [0.1, 0.15) is 15.9 Å². The van der Waals surface area contributed by atoms with Crippen molar-refractivity contribution in [2.75, 3.05) is 19.0 Å². The predicted molar refractivity (Wildman–Crippen MR) is 99.5 cm³/mol. The predicted octanol–water partition coefficient (Wildman–Crippen LogP) is 3.81. The highest BCUT2D eigenvalue weighted by Crippen LogP contribution is 2.25. The zero-order valence-corrected chi connectivity index (χ0v) is 14.5. The zero-order valence-electron chi connectivity index (χ0n) is 13.7. The molecule has 4 nitrogen and oxygen atoms in total. The first-order valence-corrected chi connectivity index (χ1v) is 8.56. The Morgan fingerprint density at radius 1 is 1.17 bits per heavy atom. The van der Waals surface area contributed by atoms with E-state index in [1.54, 1.807) is 17.5 Å². The van der Waals surface area contributed by atoms with E-state index in [0.717, 1.165) is 21.8 Å². The summed E-state index contributed by atoms with van der Waals surface area (Å²) in [5.41, 5.74) is 3.60. The van der Waals surface area contributed by atoms with Gasteiger partial charge in [0, 0.05) is 38.1 Å². The monoisotopic (exact) mass is 337 g/mol. The third kappa shape index (κ3) is 3.63. The molecule has 0 spiro atoms. The van der Waals surface area contributed by atoms with Gasteiger partial charge in [-0.2, -0.15) is 0 Å². The summed E-state index contributed by atoms with van der Waals surface area (Å²) in [5, 5.41) is 5.02. The van der Waals surface area contributed by atoms with Crippen LogP contribution >= 0.6 is 11.3 Å². The summed E-state index contributed by atoms with van der Waals surface area (Å²) in [5.74, 6) is -0.0836. The summed E-state index contributed by atoms with van der Waals surface area (Å²) >= 11 is 1.65. The van der Waals surface area contributed by atoms with Crippen LogP contribution in [0.5, 0.6) is 0 Å². The van der Waals surface area contributed by atoms with E-state index < -0.39 is 0 Å². The lowest BCUT2D eigenvalue weighted by atomic mass is 10.1. The van der Waals surface area contributed by atoms with Crippen molar-refractivity contribution in [2.45, 2.75) is 6.54 Å². The number of thiophene rings is 1. The number of carbonyl (C=O) groups excluding carboxylic acids is 1. The van der Waals surface area contributed by atoms with E-state index in [-0.39, 0.29) is 5.91 Å². The van der Waals surface area contributed by atoms with Gasteiger partial charge in [-0.15, -0.1) is 11.3 Å². The number of aromatic nitrogens is 1. The topological polar surface area (TPSA) is 45.2 Å². The first-order chi connectivity index (χ1) is 11.6. The van der Waals surface area contributed by atoms with Crippen LogP contribution in [-0.4, -0.2) is 25.0 Å². The maximum Gasteiger partial charge on any atom is 0.251 e. The Hall–Kier alpha value is -2.66.